The number of ether oxygens (including phenoxy) is 1. The third-order valence-corrected chi connectivity index (χ3v) is 5.73. The van der Waals surface area contributed by atoms with E-state index >= 15 is 0 Å². The molecule has 2 amide bonds. The molecule has 4 rings (SSSR count). The average molecular weight is 384 g/mol. The number of nitrogens with one attached hydrogen (secondary N) is 1. The van der Waals surface area contributed by atoms with Gasteiger partial charge >= 0.3 is 0 Å². The van der Waals surface area contributed by atoms with Crippen LogP contribution in [0.4, 0.5) is 0 Å². The quantitative estimate of drug-likeness (QED) is 0.869. The maximum absolute atomic E-state index is 12.7. The van der Waals surface area contributed by atoms with Gasteiger partial charge in [-0.2, -0.15) is 0 Å². The fraction of sp³-hybridized carbons (Fsp3) is 0.500. The zero-order valence-corrected chi connectivity index (χ0v) is 16.1. The van der Waals surface area contributed by atoms with E-state index in [1.54, 1.807) is 11.8 Å². The molecule has 1 saturated heterocycles. The van der Waals surface area contributed by atoms with Gasteiger partial charge in [-0.1, -0.05) is 28.5 Å². The van der Waals surface area contributed by atoms with E-state index in [4.69, 9.17) is 4.74 Å². The molecule has 8 nitrogen and oxygen atoms in total. The molecular weight excluding hydrogens is 360 g/mol. The molecule has 0 saturated carbocycles. The second-order valence-corrected chi connectivity index (χ2v) is 7.69. The van der Waals surface area contributed by atoms with Crippen LogP contribution in [0.25, 0.3) is 0 Å². The van der Waals surface area contributed by atoms with Crippen LogP contribution in [0, 0.1) is 6.92 Å². The highest BCUT2D eigenvalue weighted by Gasteiger charge is 2.43. The van der Waals surface area contributed by atoms with Gasteiger partial charge in [0, 0.05) is 38.4 Å². The van der Waals surface area contributed by atoms with Crippen molar-refractivity contribution in [2.45, 2.75) is 50.7 Å². The number of fused-ring (bicyclic) bond motifs is 1. The summed E-state index contributed by atoms with van der Waals surface area (Å²) in [6.45, 7) is 2.41. The third-order valence-electron chi connectivity index (χ3n) is 5.73. The fourth-order valence-electron chi connectivity index (χ4n) is 4.01. The van der Waals surface area contributed by atoms with E-state index < -0.39 is 5.60 Å². The normalized spacial score (nSPS) is 24.4. The molecule has 0 radical (unpaired) electrons. The first-order valence-corrected chi connectivity index (χ1v) is 9.55. The summed E-state index contributed by atoms with van der Waals surface area (Å²) >= 11 is 0. The van der Waals surface area contributed by atoms with Crippen molar-refractivity contribution in [2.24, 2.45) is 0 Å². The summed E-state index contributed by atoms with van der Waals surface area (Å²) in [5.41, 5.74) is 1.65. The van der Waals surface area contributed by atoms with Gasteiger partial charge in [-0.05, 0) is 19.4 Å². The van der Waals surface area contributed by atoms with Crippen LogP contribution in [-0.2, 0) is 16.0 Å². The van der Waals surface area contributed by atoms with Gasteiger partial charge in [-0.15, -0.1) is 0 Å². The Morgan fingerprint density at radius 2 is 2.14 bits per heavy atom. The molecule has 28 heavy (non-hydrogen) atoms. The van der Waals surface area contributed by atoms with Crippen LogP contribution >= 0.6 is 0 Å². The van der Waals surface area contributed by atoms with Crippen molar-refractivity contribution in [3.8, 4) is 5.75 Å². The third kappa shape index (κ3) is 3.58. The highest BCUT2D eigenvalue weighted by molar-refractivity contribution is 5.79. The van der Waals surface area contributed by atoms with E-state index in [0.29, 0.717) is 37.2 Å². The summed E-state index contributed by atoms with van der Waals surface area (Å²) in [7, 11) is 1.83. The van der Waals surface area contributed by atoms with Crippen molar-refractivity contribution < 1.29 is 19.0 Å². The lowest BCUT2D eigenvalue weighted by atomic mass is 9.82. The first-order valence-electron chi connectivity index (χ1n) is 9.55. The Morgan fingerprint density at radius 3 is 2.93 bits per heavy atom. The number of hydrogen-bond donors (Lipinski definition) is 1. The lowest BCUT2D eigenvalue weighted by Crippen LogP contribution is -2.46. The molecule has 2 aliphatic heterocycles. The van der Waals surface area contributed by atoms with Gasteiger partial charge in [0.25, 0.3) is 0 Å². The molecule has 3 heterocycles. The summed E-state index contributed by atoms with van der Waals surface area (Å²) in [4.78, 5) is 26.6. The lowest BCUT2D eigenvalue weighted by Gasteiger charge is -2.42. The average Bonchev–Trinajstić information content (AvgIpc) is 3.03. The molecule has 1 aromatic heterocycles. The predicted molar refractivity (Wildman–Crippen MR) is 99.5 cm³/mol. The highest BCUT2D eigenvalue weighted by atomic mass is 16.6. The lowest BCUT2D eigenvalue weighted by molar-refractivity contribution is -0.129. The number of aromatic nitrogens is 2. The van der Waals surface area contributed by atoms with E-state index in [-0.39, 0.29) is 24.3 Å². The molecule has 2 aliphatic rings. The van der Waals surface area contributed by atoms with Crippen molar-refractivity contribution >= 4 is 11.8 Å². The Balaban J connectivity index is 1.56. The van der Waals surface area contributed by atoms with Crippen LogP contribution in [0.1, 0.15) is 48.7 Å². The van der Waals surface area contributed by atoms with E-state index in [0.717, 1.165) is 17.7 Å². The molecule has 1 N–H and O–H groups in total. The van der Waals surface area contributed by atoms with E-state index in [1.165, 1.54) is 0 Å². The fourth-order valence-corrected chi connectivity index (χ4v) is 4.01. The van der Waals surface area contributed by atoms with Gasteiger partial charge in [-0.25, -0.2) is 4.63 Å². The first kappa shape index (κ1) is 18.5. The van der Waals surface area contributed by atoms with Gasteiger partial charge in [0.1, 0.15) is 22.7 Å². The standard InChI is InChI=1S/C20H24N4O4/c1-13-15(23-28-22-13)11-18(25)21-16-12-20(8-7-19(26)24(2)10-9-20)27-17-6-4-3-5-14(16)17/h3-6,16H,7-12H2,1-2H3,(H,21,25). The van der Waals surface area contributed by atoms with Crippen molar-refractivity contribution in [3.63, 3.8) is 0 Å². The molecule has 0 bridgehead atoms. The molecule has 1 fully saturated rings. The number of rotatable bonds is 3. The zero-order chi connectivity index (χ0) is 19.7. The summed E-state index contributed by atoms with van der Waals surface area (Å²) < 4.78 is 11.1. The number of carbonyl (C=O) groups excluding carboxylic acids is 2. The molecule has 0 aliphatic carbocycles. The summed E-state index contributed by atoms with van der Waals surface area (Å²) in [6.07, 6.45) is 2.57. The van der Waals surface area contributed by atoms with Gasteiger partial charge in [0.05, 0.1) is 12.5 Å². The summed E-state index contributed by atoms with van der Waals surface area (Å²) in [6, 6.07) is 7.59. The Bertz CT molecular complexity index is 896. The second-order valence-electron chi connectivity index (χ2n) is 7.69. The molecule has 8 heteroatoms. The molecule has 2 unspecified atom stereocenters. The van der Waals surface area contributed by atoms with Crippen LogP contribution in [0.2, 0.25) is 0 Å². The first-order chi connectivity index (χ1) is 13.5. The molecule has 1 spiro atoms. The van der Waals surface area contributed by atoms with Crippen LogP contribution in [0.15, 0.2) is 28.9 Å². The summed E-state index contributed by atoms with van der Waals surface area (Å²) in [5, 5.41) is 10.6. The topological polar surface area (TPSA) is 97.6 Å². The zero-order valence-electron chi connectivity index (χ0n) is 16.1. The minimum atomic E-state index is -0.460. The molecule has 2 aromatic rings. The van der Waals surface area contributed by atoms with Crippen LogP contribution in [-0.4, -0.2) is 46.2 Å². The van der Waals surface area contributed by atoms with Crippen LogP contribution in [0.5, 0.6) is 5.75 Å². The van der Waals surface area contributed by atoms with Gasteiger partial charge in [0.15, 0.2) is 0 Å². The number of aryl methyl sites for hydroxylation is 1. The van der Waals surface area contributed by atoms with Crippen LogP contribution < -0.4 is 10.1 Å². The Kier molecular flexibility index (Phi) is 4.78. The van der Waals surface area contributed by atoms with Gasteiger partial charge in [0.2, 0.25) is 11.8 Å². The highest BCUT2D eigenvalue weighted by Crippen LogP contribution is 2.44. The van der Waals surface area contributed by atoms with E-state index in [9.17, 15) is 9.59 Å². The maximum atomic E-state index is 12.7. The molecule has 148 valence electrons. The van der Waals surface area contributed by atoms with Crippen LogP contribution in [0.3, 0.4) is 0 Å². The second kappa shape index (κ2) is 7.26. The minimum absolute atomic E-state index is 0.114. The van der Waals surface area contributed by atoms with E-state index in [2.05, 4.69) is 20.3 Å². The Morgan fingerprint density at radius 1 is 1.32 bits per heavy atom. The number of nitrogens with zero attached hydrogens (tertiary/aromatic N) is 3. The number of hydrogen-bond acceptors (Lipinski definition) is 6. The largest absolute Gasteiger partial charge is 0.487 e. The number of likely N-dealkylation sites (tertiary alicyclic amines) is 1. The minimum Gasteiger partial charge on any atom is -0.487 e. The Labute approximate surface area is 163 Å². The number of benzene rings is 1. The van der Waals surface area contributed by atoms with Crippen molar-refractivity contribution in [1.82, 2.24) is 20.5 Å². The maximum Gasteiger partial charge on any atom is 0.226 e. The summed E-state index contributed by atoms with van der Waals surface area (Å²) in [5.74, 6) is 0.765. The molecule has 1 aromatic carbocycles. The van der Waals surface area contributed by atoms with Gasteiger partial charge in [-0.3, -0.25) is 9.59 Å². The SMILES string of the molecule is Cc1nonc1CC(=O)NC1CC2(CCC(=O)N(C)CC2)Oc2ccccc21. The van der Waals surface area contributed by atoms with Crippen molar-refractivity contribution in [3.05, 3.63) is 41.2 Å². The van der Waals surface area contributed by atoms with Crippen molar-refractivity contribution in [1.29, 1.82) is 0 Å². The van der Waals surface area contributed by atoms with Crippen molar-refractivity contribution in [2.75, 3.05) is 13.6 Å². The predicted octanol–water partition coefficient (Wildman–Crippen LogP) is 1.94. The van der Waals surface area contributed by atoms with Gasteiger partial charge < -0.3 is 15.0 Å². The number of carbonyl (C=O) groups is 2. The number of para-hydroxylation sites is 1. The Hall–Kier alpha value is -2.90. The molecule has 2 atom stereocenters. The number of amides is 2. The monoisotopic (exact) mass is 384 g/mol. The molecular formula is C20H24N4O4. The smallest absolute Gasteiger partial charge is 0.226 e. The van der Waals surface area contributed by atoms with E-state index in [1.807, 2.05) is 31.3 Å².